The van der Waals surface area contributed by atoms with Crippen molar-refractivity contribution in [2.75, 3.05) is 24.7 Å². The van der Waals surface area contributed by atoms with E-state index in [2.05, 4.69) is 21.0 Å². The Hall–Kier alpha value is -2.65. The third kappa shape index (κ3) is 3.68. The summed E-state index contributed by atoms with van der Waals surface area (Å²) in [6.07, 6.45) is 1.65. The Labute approximate surface area is 127 Å². The first-order valence-electron chi connectivity index (χ1n) is 6.06. The molecule has 2 rings (SSSR count). The zero-order valence-electron chi connectivity index (χ0n) is 11.6. The monoisotopic (exact) mass is 300 g/mol. The van der Waals surface area contributed by atoms with Crippen LogP contribution in [0, 0.1) is 11.3 Å². The summed E-state index contributed by atoms with van der Waals surface area (Å²) >= 11 is 5.93. The maximum Gasteiger partial charge on any atom is 0.230 e. The van der Waals surface area contributed by atoms with Gasteiger partial charge in [-0.3, -0.25) is 0 Å². The summed E-state index contributed by atoms with van der Waals surface area (Å²) in [4.78, 5) is 13.9. The Bertz CT molecular complexity index is 732. The van der Waals surface area contributed by atoms with Gasteiger partial charge in [0.05, 0.1) is 5.57 Å². The van der Waals surface area contributed by atoms with Gasteiger partial charge in [0.15, 0.2) is 5.82 Å². The Balaban J connectivity index is 2.49. The number of allylic oxidation sites excluding steroid dienone is 1. The fourth-order valence-corrected chi connectivity index (χ4v) is 1.81. The first-order valence-corrected chi connectivity index (χ1v) is 6.44. The van der Waals surface area contributed by atoms with Crippen LogP contribution in [-0.2, 0) is 0 Å². The molecule has 0 atom stereocenters. The predicted molar refractivity (Wildman–Crippen MR) is 83.5 cm³/mol. The van der Waals surface area contributed by atoms with Crippen molar-refractivity contribution in [3.8, 4) is 6.07 Å². The molecule has 0 aliphatic rings. The second-order valence-electron chi connectivity index (χ2n) is 4.44. The molecule has 21 heavy (non-hydrogen) atoms. The van der Waals surface area contributed by atoms with Crippen LogP contribution in [0.4, 0.5) is 11.9 Å². The summed E-state index contributed by atoms with van der Waals surface area (Å²) < 4.78 is 0. The van der Waals surface area contributed by atoms with Crippen molar-refractivity contribution in [3.05, 3.63) is 40.7 Å². The lowest BCUT2D eigenvalue weighted by Crippen LogP contribution is -2.15. The molecule has 1 aromatic carbocycles. The van der Waals surface area contributed by atoms with Crippen molar-refractivity contribution in [3.63, 3.8) is 0 Å². The van der Waals surface area contributed by atoms with Crippen LogP contribution in [0.25, 0.3) is 11.6 Å². The molecule has 2 aromatic rings. The van der Waals surface area contributed by atoms with Crippen LogP contribution in [-0.4, -0.2) is 29.0 Å². The topological polar surface area (TPSA) is 91.7 Å². The molecule has 0 radical (unpaired) electrons. The Morgan fingerprint density at radius 1 is 1.33 bits per heavy atom. The third-order valence-electron chi connectivity index (χ3n) is 2.56. The van der Waals surface area contributed by atoms with Crippen LogP contribution >= 0.6 is 11.6 Å². The smallest absolute Gasteiger partial charge is 0.230 e. The fraction of sp³-hybridized carbons (Fsp3) is 0.143. The number of nitriles is 1. The number of aromatic nitrogens is 3. The van der Waals surface area contributed by atoms with Crippen LogP contribution in [0.1, 0.15) is 11.4 Å². The fourth-order valence-electron chi connectivity index (χ4n) is 1.61. The highest BCUT2D eigenvalue weighted by molar-refractivity contribution is 6.30. The molecule has 6 nitrogen and oxygen atoms in total. The van der Waals surface area contributed by atoms with Gasteiger partial charge in [0.1, 0.15) is 6.07 Å². The minimum Gasteiger partial charge on any atom is -0.368 e. The molecular weight excluding hydrogens is 288 g/mol. The highest BCUT2D eigenvalue weighted by Crippen LogP contribution is 2.19. The molecular formula is C14H13ClN6. The van der Waals surface area contributed by atoms with E-state index < -0.39 is 0 Å². The molecule has 2 N–H and O–H groups in total. The van der Waals surface area contributed by atoms with Gasteiger partial charge >= 0.3 is 0 Å². The lowest BCUT2D eigenvalue weighted by Gasteiger charge is -2.10. The molecule has 0 saturated heterocycles. The minimum atomic E-state index is 0.0657. The molecule has 106 valence electrons. The predicted octanol–water partition coefficient (Wildman–Crippen LogP) is 2.24. The van der Waals surface area contributed by atoms with Gasteiger partial charge in [0.25, 0.3) is 0 Å². The molecule has 0 unspecified atom stereocenters. The van der Waals surface area contributed by atoms with Crippen LogP contribution in [0.2, 0.25) is 5.02 Å². The SMILES string of the molecule is CN(C)c1nc(N)nc(/C(C#N)=C/c2cccc(Cl)c2)n1. The molecule has 0 saturated carbocycles. The average Bonchev–Trinajstić information content (AvgIpc) is 2.44. The average molecular weight is 301 g/mol. The first-order chi connectivity index (χ1) is 9.99. The zero-order valence-corrected chi connectivity index (χ0v) is 12.3. The molecule has 7 heteroatoms. The third-order valence-corrected chi connectivity index (χ3v) is 2.80. The van der Waals surface area contributed by atoms with E-state index in [1.54, 1.807) is 43.3 Å². The van der Waals surface area contributed by atoms with Gasteiger partial charge in [-0.25, -0.2) is 0 Å². The van der Waals surface area contributed by atoms with Crippen molar-refractivity contribution >= 4 is 35.1 Å². The Morgan fingerprint density at radius 3 is 2.71 bits per heavy atom. The van der Waals surface area contributed by atoms with Crippen molar-refractivity contribution < 1.29 is 0 Å². The van der Waals surface area contributed by atoms with Crippen molar-refractivity contribution in [1.82, 2.24) is 15.0 Å². The van der Waals surface area contributed by atoms with Gasteiger partial charge in [-0.2, -0.15) is 20.2 Å². The summed E-state index contributed by atoms with van der Waals surface area (Å²) in [6.45, 7) is 0. The molecule has 0 bridgehead atoms. The van der Waals surface area contributed by atoms with Gasteiger partial charge in [-0.15, -0.1) is 0 Å². The second-order valence-corrected chi connectivity index (χ2v) is 4.87. The number of nitrogen functional groups attached to an aromatic ring is 1. The number of hydrogen-bond acceptors (Lipinski definition) is 6. The molecule has 0 aliphatic heterocycles. The summed E-state index contributed by atoms with van der Waals surface area (Å²) in [5.41, 5.74) is 6.73. The standard InChI is InChI=1S/C14H13ClN6/c1-21(2)14-19-12(18-13(17)20-14)10(8-16)6-9-4-3-5-11(15)7-9/h3-7H,1-2H3,(H2,17,18,19,20)/b10-6+. The maximum absolute atomic E-state index is 9.32. The number of rotatable bonds is 3. The first kappa shape index (κ1) is 14.8. The summed E-state index contributed by atoms with van der Waals surface area (Å²) in [5, 5.41) is 9.91. The largest absolute Gasteiger partial charge is 0.368 e. The number of anilines is 2. The van der Waals surface area contributed by atoms with E-state index >= 15 is 0 Å². The van der Waals surface area contributed by atoms with E-state index in [9.17, 15) is 5.26 Å². The summed E-state index contributed by atoms with van der Waals surface area (Å²) in [6, 6.07) is 9.21. The van der Waals surface area contributed by atoms with Gasteiger partial charge in [0.2, 0.25) is 11.9 Å². The Morgan fingerprint density at radius 2 is 2.10 bits per heavy atom. The minimum absolute atomic E-state index is 0.0657. The normalized spacial score (nSPS) is 11.0. The van der Waals surface area contributed by atoms with Crippen molar-refractivity contribution in [1.29, 1.82) is 5.26 Å². The molecule has 0 spiro atoms. The van der Waals surface area contributed by atoms with Gasteiger partial charge in [-0.1, -0.05) is 23.7 Å². The molecule has 1 aromatic heterocycles. The van der Waals surface area contributed by atoms with Crippen molar-refractivity contribution in [2.24, 2.45) is 0 Å². The number of hydrogen-bond donors (Lipinski definition) is 1. The molecule has 0 aliphatic carbocycles. The molecule has 0 amide bonds. The van der Waals surface area contributed by atoms with E-state index in [0.717, 1.165) is 5.56 Å². The molecule has 0 fully saturated rings. The zero-order chi connectivity index (χ0) is 15.4. The van der Waals surface area contributed by atoms with Gasteiger partial charge in [0, 0.05) is 19.1 Å². The number of nitrogens with two attached hydrogens (primary N) is 1. The number of benzene rings is 1. The van der Waals surface area contributed by atoms with Gasteiger partial charge in [-0.05, 0) is 23.8 Å². The van der Waals surface area contributed by atoms with Crippen LogP contribution in [0.5, 0.6) is 0 Å². The van der Waals surface area contributed by atoms with E-state index in [0.29, 0.717) is 11.0 Å². The highest BCUT2D eigenvalue weighted by Gasteiger charge is 2.10. The van der Waals surface area contributed by atoms with Crippen LogP contribution < -0.4 is 10.6 Å². The van der Waals surface area contributed by atoms with Gasteiger partial charge < -0.3 is 10.6 Å². The molecule has 1 heterocycles. The second kappa shape index (κ2) is 6.20. The number of halogens is 1. The highest BCUT2D eigenvalue weighted by atomic mass is 35.5. The maximum atomic E-state index is 9.32. The lowest BCUT2D eigenvalue weighted by molar-refractivity contribution is 0.952. The van der Waals surface area contributed by atoms with E-state index in [1.807, 2.05) is 6.07 Å². The van der Waals surface area contributed by atoms with Crippen LogP contribution in [0.3, 0.4) is 0 Å². The lowest BCUT2D eigenvalue weighted by atomic mass is 10.1. The van der Waals surface area contributed by atoms with Crippen LogP contribution in [0.15, 0.2) is 24.3 Å². The van der Waals surface area contributed by atoms with E-state index in [1.165, 1.54) is 0 Å². The van der Waals surface area contributed by atoms with E-state index in [4.69, 9.17) is 17.3 Å². The quantitative estimate of drug-likeness (QED) is 0.874. The van der Waals surface area contributed by atoms with Crippen molar-refractivity contribution in [2.45, 2.75) is 0 Å². The summed E-state index contributed by atoms with van der Waals surface area (Å²) in [7, 11) is 3.57. The number of nitrogens with zero attached hydrogens (tertiary/aromatic N) is 5. The summed E-state index contributed by atoms with van der Waals surface area (Å²) in [5.74, 6) is 0.689. The Kier molecular flexibility index (Phi) is 4.36. The van der Waals surface area contributed by atoms with E-state index in [-0.39, 0.29) is 17.3 Å².